The maximum absolute atomic E-state index is 3.79. The van der Waals surface area contributed by atoms with Gasteiger partial charge in [-0.1, -0.05) is 18.6 Å². The average Bonchev–Trinajstić information content (AvgIpc) is 2.82. The smallest absolute Gasteiger partial charge is 0.0429 e. The van der Waals surface area contributed by atoms with Gasteiger partial charge in [0.1, 0.15) is 0 Å². The minimum absolute atomic E-state index is 0.643. The lowest BCUT2D eigenvalue weighted by Crippen LogP contribution is -2.41. The number of benzene rings is 1. The van der Waals surface area contributed by atoms with Gasteiger partial charge in [-0.15, -0.1) is 0 Å². The lowest BCUT2D eigenvalue weighted by molar-refractivity contribution is 0.193. The molecule has 2 aliphatic rings. The van der Waals surface area contributed by atoms with Crippen molar-refractivity contribution in [3.63, 3.8) is 0 Å². The zero-order chi connectivity index (χ0) is 13.9. The van der Waals surface area contributed by atoms with Crippen molar-refractivity contribution in [3.8, 4) is 0 Å². The first-order valence-corrected chi connectivity index (χ1v) is 7.96. The van der Waals surface area contributed by atoms with Crippen LogP contribution in [0, 0.1) is 0 Å². The second-order valence-electron chi connectivity index (χ2n) is 6.58. The zero-order valence-corrected chi connectivity index (χ0v) is 12.8. The first kappa shape index (κ1) is 13.9. The van der Waals surface area contributed by atoms with Gasteiger partial charge in [0.15, 0.2) is 0 Å². The molecule has 3 rings (SSSR count). The lowest BCUT2D eigenvalue weighted by atomic mass is 9.99. The van der Waals surface area contributed by atoms with Crippen molar-refractivity contribution < 1.29 is 0 Å². The fourth-order valence-corrected chi connectivity index (χ4v) is 3.75. The van der Waals surface area contributed by atoms with Crippen molar-refractivity contribution in [1.29, 1.82) is 0 Å². The van der Waals surface area contributed by atoms with E-state index in [4.69, 9.17) is 0 Å². The van der Waals surface area contributed by atoms with Gasteiger partial charge in [0.05, 0.1) is 0 Å². The molecule has 1 aromatic rings. The van der Waals surface area contributed by atoms with E-state index in [0.29, 0.717) is 6.04 Å². The molecule has 2 atom stereocenters. The molecule has 2 fully saturated rings. The van der Waals surface area contributed by atoms with E-state index in [2.05, 4.69) is 53.5 Å². The fourth-order valence-electron chi connectivity index (χ4n) is 3.75. The van der Waals surface area contributed by atoms with Crippen LogP contribution < -0.4 is 5.32 Å². The minimum Gasteiger partial charge on any atom is -0.381 e. The Morgan fingerprint density at radius 3 is 2.95 bits per heavy atom. The van der Waals surface area contributed by atoms with Gasteiger partial charge in [0.2, 0.25) is 0 Å². The third kappa shape index (κ3) is 3.15. The SMILES string of the molecule is CN(C)Cc1cccc(NC2CCN3CCCCC23)c1. The highest BCUT2D eigenvalue weighted by atomic mass is 15.2. The first-order valence-electron chi connectivity index (χ1n) is 7.96. The van der Waals surface area contributed by atoms with Crippen molar-refractivity contribution in [3.05, 3.63) is 29.8 Å². The fraction of sp³-hybridized carbons (Fsp3) is 0.647. The van der Waals surface area contributed by atoms with E-state index in [9.17, 15) is 0 Å². The molecular formula is C17H27N3. The molecule has 2 heterocycles. The molecule has 3 heteroatoms. The minimum atomic E-state index is 0.643. The highest BCUT2D eigenvalue weighted by molar-refractivity contribution is 5.47. The Morgan fingerprint density at radius 2 is 2.10 bits per heavy atom. The largest absolute Gasteiger partial charge is 0.381 e. The molecule has 0 radical (unpaired) electrons. The Morgan fingerprint density at radius 1 is 1.20 bits per heavy atom. The summed E-state index contributed by atoms with van der Waals surface area (Å²) in [6.45, 7) is 3.60. The van der Waals surface area contributed by atoms with Crippen LogP contribution in [0.3, 0.4) is 0 Å². The molecule has 2 unspecified atom stereocenters. The van der Waals surface area contributed by atoms with Crippen molar-refractivity contribution in [2.75, 3.05) is 32.5 Å². The van der Waals surface area contributed by atoms with Crippen LogP contribution in [0.2, 0.25) is 0 Å². The summed E-state index contributed by atoms with van der Waals surface area (Å²) in [5.41, 5.74) is 2.68. The number of fused-ring (bicyclic) bond motifs is 1. The van der Waals surface area contributed by atoms with Crippen LogP contribution in [-0.2, 0) is 6.54 Å². The molecule has 0 spiro atoms. The average molecular weight is 273 g/mol. The number of hydrogen-bond acceptors (Lipinski definition) is 3. The zero-order valence-electron chi connectivity index (χ0n) is 12.8. The van der Waals surface area contributed by atoms with Gasteiger partial charge >= 0.3 is 0 Å². The van der Waals surface area contributed by atoms with Gasteiger partial charge in [-0.2, -0.15) is 0 Å². The monoisotopic (exact) mass is 273 g/mol. The molecule has 110 valence electrons. The van der Waals surface area contributed by atoms with Gasteiger partial charge in [-0.05, 0) is 57.6 Å². The molecule has 1 N–H and O–H groups in total. The normalized spacial score (nSPS) is 26.8. The molecule has 0 amide bonds. The van der Waals surface area contributed by atoms with Crippen LogP contribution in [0.15, 0.2) is 24.3 Å². The third-order valence-electron chi connectivity index (χ3n) is 4.63. The van der Waals surface area contributed by atoms with E-state index in [1.807, 2.05) is 0 Å². The summed E-state index contributed by atoms with van der Waals surface area (Å²) < 4.78 is 0. The lowest BCUT2D eigenvalue weighted by Gasteiger charge is -2.33. The van der Waals surface area contributed by atoms with Crippen molar-refractivity contribution in [1.82, 2.24) is 9.80 Å². The van der Waals surface area contributed by atoms with Gasteiger partial charge in [-0.25, -0.2) is 0 Å². The Bertz CT molecular complexity index is 444. The van der Waals surface area contributed by atoms with Crippen LogP contribution >= 0.6 is 0 Å². The summed E-state index contributed by atoms with van der Waals surface area (Å²) in [5, 5.41) is 3.79. The summed E-state index contributed by atoms with van der Waals surface area (Å²) in [6.07, 6.45) is 5.46. The Labute approximate surface area is 123 Å². The molecule has 3 nitrogen and oxygen atoms in total. The number of piperidine rings is 1. The summed E-state index contributed by atoms with van der Waals surface area (Å²) in [6, 6.07) is 10.3. The number of anilines is 1. The first-order chi connectivity index (χ1) is 9.72. The third-order valence-corrected chi connectivity index (χ3v) is 4.63. The standard InChI is InChI=1S/C17H27N3/c1-19(2)13-14-6-5-7-15(12-14)18-16-9-11-20-10-4-3-8-17(16)20/h5-7,12,16-18H,3-4,8-11,13H2,1-2H3. The van der Waals surface area contributed by atoms with E-state index in [1.165, 1.54) is 50.0 Å². The molecule has 2 aliphatic heterocycles. The van der Waals surface area contributed by atoms with Crippen LogP contribution in [0.5, 0.6) is 0 Å². The van der Waals surface area contributed by atoms with E-state index in [-0.39, 0.29) is 0 Å². The molecule has 0 saturated carbocycles. The van der Waals surface area contributed by atoms with Crippen LogP contribution in [0.1, 0.15) is 31.2 Å². The van der Waals surface area contributed by atoms with E-state index in [0.717, 1.165) is 12.6 Å². The molecular weight excluding hydrogens is 246 g/mol. The van der Waals surface area contributed by atoms with Gasteiger partial charge in [-0.3, -0.25) is 4.90 Å². The molecule has 0 bridgehead atoms. The van der Waals surface area contributed by atoms with Gasteiger partial charge in [0.25, 0.3) is 0 Å². The van der Waals surface area contributed by atoms with Crippen LogP contribution in [0.25, 0.3) is 0 Å². The number of rotatable bonds is 4. The van der Waals surface area contributed by atoms with Crippen molar-refractivity contribution in [2.24, 2.45) is 0 Å². The van der Waals surface area contributed by atoms with Gasteiger partial charge in [0, 0.05) is 30.9 Å². The van der Waals surface area contributed by atoms with E-state index < -0.39 is 0 Å². The molecule has 2 saturated heterocycles. The highest BCUT2D eigenvalue weighted by Crippen LogP contribution is 2.29. The molecule has 0 aliphatic carbocycles. The van der Waals surface area contributed by atoms with E-state index in [1.54, 1.807) is 0 Å². The quantitative estimate of drug-likeness (QED) is 0.910. The Balaban J connectivity index is 1.65. The highest BCUT2D eigenvalue weighted by Gasteiger charge is 2.35. The van der Waals surface area contributed by atoms with Gasteiger partial charge < -0.3 is 10.2 Å². The second kappa shape index (κ2) is 6.15. The number of nitrogens with zero attached hydrogens (tertiary/aromatic N) is 2. The number of hydrogen-bond donors (Lipinski definition) is 1. The van der Waals surface area contributed by atoms with E-state index >= 15 is 0 Å². The second-order valence-corrected chi connectivity index (χ2v) is 6.58. The predicted octanol–water partition coefficient (Wildman–Crippen LogP) is 2.79. The summed E-state index contributed by atoms with van der Waals surface area (Å²) in [4.78, 5) is 4.91. The topological polar surface area (TPSA) is 18.5 Å². The summed E-state index contributed by atoms with van der Waals surface area (Å²) in [7, 11) is 4.24. The van der Waals surface area contributed by atoms with Crippen molar-refractivity contribution >= 4 is 5.69 Å². The molecule has 1 aromatic carbocycles. The Kier molecular flexibility index (Phi) is 4.27. The van der Waals surface area contributed by atoms with Crippen molar-refractivity contribution in [2.45, 2.75) is 44.3 Å². The molecule has 20 heavy (non-hydrogen) atoms. The number of nitrogens with one attached hydrogen (secondary N) is 1. The van der Waals surface area contributed by atoms with Crippen LogP contribution in [0.4, 0.5) is 5.69 Å². The summed E-state index contributed by atoms with van der Waals surface area (Å²) in [5.74, 6) is 0. The predicted molar refractivity (Wildman–Crippen MR) is 85.1 cm³/mol. The summed E-state index contributed by atoms with van der Waals surface area (Å²) >= 11 is 0. The Hall–Kier alpha value is -1.06. The maximum Gasteiger partial charge on any atom is 0.0429 e. The molecule has 0 aromatic heterocycles. The van der Waals surface area contributed by atoms with Crippen LogP contribution in [-0.4, -0.2) is 49.1 Å². The maximum atomic E-state index is 3.79.